The van der Waals surface area contributed by atoms with E-state index in [9.17, 15) is 8.42 Å². The summed E-state index contributed by atoms with van der Waals surface area (Å²) in [5.74, 6) is 0. The Bertz CT molecular complexity index is 639. The zero-order chi connectivity index (χ0) is 14.4. The minimum Gasteiger partial charge on any atom is -0.211 e. The van der Waals surface area contributed by atoms with Crippen LogP contribution in [0.1, 0.15) is 12.0 Å². The maximum Gasteiger partial charge on any atom is 0.240 e. The average molecular weight is 354 g/mol. The summed E-state index contributed by atoms with van der Waals surface area (Å²) >= 11 is 3.29. The Balaban J connectivity index is 1.85. The first-order valence-corrected chi connectivity index (χ1v) is 8.65. The molecule has 0 bridgehead atoms. The minimum absolute atomic E-state index is 0.292. The lowest BCUT2D eigenvalue weighted by atomic mass is 10.1. The molecule has 0 saturated carbocycles. The Kier molecular flexibility index (Phi) is 5.34. The Morgan fingerprint density at radius 2 is 1.60 bits per heavy atom. The number of benzene rings is 2. The van der Waals surface area contributed by atoms with Crippen molar-refractivity contribution in [2.45, 2.75) is 17.7 Å². The summed E-state index contributed by atoms with van der Waals surface area (Å²) in [6, 6.07) is 16.7. The molecular formula is C15H16BrNO2S. The summed E-state index contributed by atoms with van der Waals surface area (Å²) in [6.07, 6.45) is 1.64. The first-order valence-electron chi connectivity index (χ1n) is 6.37. The standard InChI is InChI=1S/C15H16BrNO2S/c16-14-8-10-15(11-9-14)20(18,19)17-12-4-7-13-5-2-1-3-6-13/h1-3,5-6,8-11,17H,4,7,12H2. The molecule has 20 heavy (non-hydrogen) atoms. The molecule has 1 N–H and O–H groups in total. The highest BCUT2D eigenvalue weighted by atomic mass is 79.9. The lowest BCUT2D eigenvalue weighted by Gasteiger charge is -2.07. The van der Waals surface area contributed by atoms with Crippen molar-refractivity contribution in [3.8, 4) is 0 Å². The van der Waals surface area contributed by atoms with Gasteiger partial charge in [0.25, 0.3) is 0 Å². The van der Waals surface area contributed by atoms with Crippen LogP contribution < -0.4 is 4.72 Å². The maximum atomic E-state index is 12.0. The van der Waals surface area contributed by atoms with Crippen LogP contribution in [0.25, 0.3) is 0 Å². The molecule has 0 unspecified atom stereocenters. The highest BCUT2D eigenvalue weighted by Gasteiger charge is 2.12. The van der Waals surface area contributed by atoms with E-state index in [0.29, 0.717) is 11.4 Å². The van der Waals surface area contributed by atoms with E-state index < -0.39 is 10.0 Å². The van der Waals surface area contributed by atoms with E-state index in [2.05, 4.69) is 20.7 Å². The van der Waals surface area contributed by atoms with Crippen LogP contribution in [0.5, 0.6) is 0 Å². The van der Waals surface area contributed by atoms with Gasteiger partial charge in [0.2, 0.25) is 10.0 Å². The van der Waals surface area contributed by atoms with Gasteiger partial charge in [-0.3, -0.25) is 0 Å². The third-order valence-electron chi connectivity index (χ3n) is 2.90. The third kappa shape index (κ3) is 4.44. The largest absolute Gasteiger partial charge is 0.240 e. The van der Waals surface area contributed by atoms with Gasteiger partial charge in [-0.05, 0) is 42.7 Å². The number of rotatable bonds is 6. The number of nitrogens with one attached hydrogen (secondary N) is 1. The van der Waals surface area contributed by atoms with Gasteiger partial charge in [-0.2, -0.15) is 0 Å². The van der Waals surface area contributed by atoms with Gasteiger partial charge >= 0.3 is 0 Å². The summed E-state index contributed by atoms with van der Waals surface area (Å²) in [5, 5.41) is 0. The van der Waals surface area contributed by atoms with Crippen molar-refractivity contribution < 1.29 is 8.42 Å². The molecule has 0 atom stereocenters. The van der Waals surface area contributed by atoms with Crippen molar-refractivity contribution in [3.05, 3.63) is 64.6 Å². The fourth-order valence-electron chi connectivity index (χ4n) is 1.84. The molecule has 0 aromatic heterocycles. The van der Waals surface area contributed by atoms with Crippen LogP contribution in [-0.4, -0.2) is 15.0 Å². The Morgan fingerprint density at radius 1 is 0.950 bits per heavy atom. The van der Waals surface area contributed by atoms with Crippen molar-refractivity contribution in [1.29, 1.82) is 0 Å². The summed E-state index contributed by atoms with van der Waals surface area (Å²) in [6.45, 7) is 0.438. The number of hydrogen-bond donors (Lipinski definition) is 1. The monoisotopic (exact) mass is 353 g/mol. The predicted molar refractivity (Wildman–Crippen MR) is 84.1 cm³/mol. The second-order valence-corrected chi connectivity index (χ2v) is 7.12. The summed E-state index contributed by atoms with van der Waals surface area (Å²) in [4.78, 5) is 0.292. The van der Waals surface area contributed by atoms with Crippen molar-refractivity contribution in [1.82, 2.24) is 4.72 Å². The van der Waals surface area contributed by atoms with Gasteiger partial charge < -0.3 is 0 Å². The van der Waals surface area contributed by atoms with Gasteiger partial charge in [0.1, 0.15) is 0 Å². The van der Waals surface area contributed by atoms with Crippen LogP contribution in [-0.2, 0) is 16.4 Å². The molecule has 3 nitrogen and oxygen atoms in total. The number of halogens is 1. The van der Waals surface area contributed by atoms with Crippen LogP contribution in [0, 0.1) is 0 Å². The zero-order valence-corrected chi connectivity index (χ0v) is 13.3. The predicted octanol–water partition coefficient (Wildman–Crippen LogP) is 3.36. The zero-order valence-electron chi connectivity index (χ0n) is 10.9. The van der Waals surface area contributed by atoms with Crippen LogP contribution in [0.4, 0.5) is 0 Å². The number of sulfonamides is 1. The fourth-order valence-corrected chi connectivity index (χ4v) is 3.18. The van der Waals surface area contributed by atoms with E-state index in [4.69, 9.17) is 0 Å². The van der Waals surface area contributed by atoms with Crippen LogP contribution >= 0.6 is 15.9 Å². The fraction of sp³-hybridized carbons (Fsp3) is 0.200. The number of hydrogen-bond acceptors (Lipinski definition) is 2. The smallest absolute Gasteiger partial charge is 0.211 e. The molecule has 0 aliphatic rings. The van der Waals surface area contributed by atoms with Gasteiger partial charge in [0.15, 0.2) is 0 Å². The molecule has 5 heteroatoms. The van der Waals surface area contributed by atoms with Gasteiger partial charge in [0, 0.05) is 11.0 Å². The molecule has 0 aliphatic carbocycles. The summed E-state index contributed by atoms with van der Waals surface area (Å²) in [5.41, 5.74) is 1.22. The van der Waals surface area contributed by atoms with Crippen molar-refractivity contribution in [2.24, 2.45) is 0 Å². The first-order chi connectivity index (χ1) is 9.58. The van der Waals surface area contributed by atoms with Gasteiger partial charge in [-0.1, -0.05) is 46.3 Å². The number of aryl methyl sites for hydroxylation is 1. The Labute approximate surface area is 128 Å². The molecule has 2 rings (SSSR count). The lowest BCUT2D eigenvalue weighted by Crippen LogP contribution is -2.25. The lowest BCUT2D eigenvalue weighted by molar-refractivity contribution is 0.579. The molecule has 106 valence electrons. The van der Waals surface area contributed by atoms with E-state index in [1.165, 1.54) is 5.56 Å². The average Bonchev–Trinajstić information content (AvgIpc) is 2.45. The quantitative estimate of drug-likeness (QED) is 0.809. The van der Waals surface area contributed by atoms with E-state index in [1.54, 1.807) is 24.3 Å². The Morgan fingerprint density at radius 3 is 2.25 bits per heavy atom. The van der Waals surface area contributed by atoms with Crippen molar-refractivity contribution in [3.63, 3.8) is 0 Å². The normalized spacial score (nSPS) is 11.4. The summed E-state index contributed by atoms with van der Waals surface area (Å²) in [7, 11) is -3.40. The van der Waals surface area contributed by atoms with Crippen LogP contribution in [0.3, 0.4) is 0 Å². The van der Waals surface area contributed by atoms with E-state index in [-0.39, 0.29) is 0 Å². The Hall–Kier alpha value is -1.17. The molecule has 0 spiro atoms. The maximum absolute atomic E-state index is 12.0. The van der Waals surface area contributed by atoms with E-state index in [1.807, 2.05) is 30.3 Å². The molecule has 0 fully saturated rings. The van der Waals surface area contributed by atoms with Crippen molar-refractivity contribution >= 4 is 26.0 Å². The second-order valence-electron chi connectivity index (χ2n) is 4.44. The third-order valence-corrected chi connectivity index (χ3v) is 4.91. The molecule has 2 aromatic carbocycles. The van der Waals surface area contributed by atoms with E-state index >= 15 is 0 Å². The van der Waals surface area contributed by atoms with Crippen LogP contribution in [0.15, 0.2) is 64.0 Å². The SMILES string of the molecule is O=S(=O)(NCCCc1ccccc1)c1ccc(Br)cc1. The molecule has 0 amide bonds. The molecule has 0 heterocycles. The molecule has 2 aromatic rings. The van der Waals surface area contributed by atoms with Gasteiger partial charge in [-0.15, -0.1) is 0 Å². The minimum atomic E-state index is -3.40. The topological polar surface area (TPSA) is 46.2 Å². The van der Waals surface area contributed by atoms with E-state index in [0.717, 1.165) is 17.3 Å². The summed E-state index contributed by atoms with van der Waals surface area (Å²) < 4.78 is 27.5. The van der Waals surface area contributed by atoms with Gasteiger partial charge in [0.05, 0.1) is 4.90 Å². The molecule has 0 radical (unpaired) electrons. The van der Waals surface area contributed by atoms with Crippen LogP contribution in [0.2, 0.25) is 0 Å². The second kappa shape index (κ2) is 7.02. The first kappa shape index (κ1) is 15.2. The highest BCUT2D eigenvalue weighted by Crippen LogP contribution is 2.14. The van der Waals surface area contributed by atoms with Gasteiger partial charge in [-0.25, -0.2) is 13.1 Å². The van der Waals surface area contributed by atoms with Crippen molar-refractivity contribution in [2.75, 3.05) is 6.54 Å². The molecule has 0 saturated heterocycles. The molecular weight excluding hydrogens is 338 g/mol. The molecule has 0 aliphatic heterocycles. The highest BCUT2D eigenvalue weighted by molar-refractivity contribution is 9.10.